The lowest BCUT2D eigenvalue weighted by Crippen LogP contribution is -2.33. The minimum atomic E-state index is 0.968. The zero-order valence-electron chi connectivity index (χ0n) is 9.54. The fraction of sp³-hybridized carbons (Fsp3) is 1.00. The van der Waals surface area contributed by atoms with Gasteiger partial charge in [0.25, 0.3) is 0 Å². The van der Waals surface area contributed by atoms with Crippen LogP contribution in [0.25, 0.3) is 0 Å². The smallest absolute Gasteiger partial charge is 0.00162 e. The zero-order chi connectivity index (χ0) is 10.2. The van der Waals surface area contributed by atoms with Crippen molar-refractivity contribution in [2.75, 3.05) is 25.4 Å². The Bertz CT molecular complexity index is 130. The Balaban J connectivity index is 1.91. The highest BCUT2D eigenvalue weighted by molar-refractivity contribution is 7.80. The SMILES string of the molecule is CC1CCN(CCCCCCS)CC1. The number of nitrogens with zero attached hydrogens (tertiary/aromatic N) is 1. The third-order valence-electron chi connectivity index (χ3n) is 3.26. The van der Waals surface area contributed by atoms with Crippen LogP contribution in [0.15, 0.2) is 0 Å². The van der Waals surface area contributed by atoms with E-state index >= 15 is 0 Å². The van der Waals surface area contributed by atoms with Gasteiger partial charge in [0, 0.05) is 0 Å². The van der Waals surface area contributed by atoms with Crippen molar-refractivity contribution in [2.45, 2.75) is 45.4 Å². The molecule has 0 amide bonds. The van der Waals surface area contributed by atoms with Crippen molar-refractivity contribution in [3.05, 3.63) is 0 Å². The van der Waals surface area contributed by atoms with Crippen molar-refractivity contribution in [1.29, 1.82) is 0 Å². The summed E-state index contributed by atoms with van der Waals surface area (Å²) in [5.74, 6) is 2.02. The molecule has 0 saturated carbocycles. The van der Waals surface area contributed by atoms with Crippen LogP contribution in [-0.4, -0.2) is 30.3 Å². The topological polar surface area (TPSA) is 3.24 Å². The van der Waals surface area contributed by atoms with Crippen LogP contribution in [-0.2, 0) is 0 Å². The molecule has 1 saturated heterocycles. The first kappa shape index (κ1) is 12.4. The van der Waals surface area contributed by atoms with Gasteiger partial charge in [0.05, 0.1) is 0 Å². The van der Waals surface area contributed by atoms with Crippen LogP contribution in [0.4, 0.5) is 0 Å². The predicted octanol–water partition coefficient (Wildman–Crippen LogP) is 3.21. The molecule has 0 aromatic carbocycles. The van der Waals surface area contributed by atoms with E-state index in [-0.39, 0.29) is 0 Å². The second-order valence-corrected chi connectivity index (χ2v) is 5.11. The Kier molecular flexibility index (Phi) is 6.70. The van der Waals surface area contributed by atoms with Crippen LogP contribution in [0.3, 0.4) is 0 Å². The Morgan fingerprint density at radius 1 is 1.07 bits per heavy atom. The summed E-state index contributed by atoms with van der Waals surface area (Å²) in [6.07, 6.45) is 8.27. The molecule has 0 atom stereocenters. The number of likely N-dealkylation sites (tertiary alicyclic amines) is 1. The van der Waals surface area contributed by atoms with Crippen molar-refractivity contribution in [3.8, 4) is 0 Å². The number of hydrogen-bond donors (Lipinski definition) is 1. The van der Waals surface area contributed by atoms with Crippen molar-refractivity contribution in [1.82, 2.24) is 4.90 Å². The molecule has 1 aliphatic rings. The molecule has 0 aliphatic carbocycles. The molecule has 1 nitrogen and oxygen atoms in total. The molecule has 14 heavy (non-hydrogen) atoms. The first-order valence-electron chi connectivity index (χ1n) is 6.16. The lowest BCUT2D eigenvalue weighted by atomic mass is 9.99. The van der Waals surface area contributed by atoms with Crippen molar-refractivity contribution in [3.63, 3.8) is 0 Å². The highest BCUT2D eigenvalue weighted by atomic mass is 32.1. The zero-order valence-corrected chi connectivity index (χ0v) is 10.4. The van der Waals surface area contributed by atoms with E-state index in [9.17, 15) is 0 Å². The highest BCUT2D eigenvalue weighted by Gasteiger charge is 2.14. The maximum Gasteiger partial charge on any atom is -0.00162 e. The lowest BCUT2D eigenvalue weighted by Gasteiger charge is -2.30. The second-order valence-electron chi connectivity index (χ2n) is 4.66. The van der Waals surface area contributed by atoms with Gasteiger partial charge >= 0.3 is 0 Å². The molecule has 0 unspecified atom stereocenters. The molecule has 1 rings (SSSR count). The normalized spacial score (nSPS) is 20.1. The van der Waals surface area contributed by atoms with E-state index in [1.165, 1.54) is 58.2 Å². The predicted molar refractivity (Wildman–Crippen MR) is 67.2 cm³/mol. The first-order valence-corrected chi connectivity index (χ1v) is 6.79. The summed E-state index contributed by atoms with van der Waals surface area (Å²) in [4.78, 5) is 2.64. The Morgan fingerprint density at radius 3 is 2.36 bits per heavy atom. The number of hydrogen-bond acceptors (Lipinski definition) is 2. The summed E-state index contributed by atoms with van der Waals surface area (Å²) >= 11 is 4.22. The second kappa shape index (κ2) is 7.58. The fourth-order valence-electron chi connectivity index (χ4n) is 2.09. The van der Waals surface area contributed by atoms with Crippen LogP contribution < -0.4 is 0 Å². The molecule has 0 aromatic heterocycles. The van der Waals surface area contributed by atoms with Gasteiger partial charge in [-0.2, -0.15) is 12.6 Å². The minimum absolute atomic E-state index is 0.968. The average Bonchev–Trinajstić information content (AvgIpc) is 2.21. The molecule has 2 heteroatoms. The Morgan fingerprint density at radius 2 is 1.71 bits per heavy atom. The number of thiol groups is 1. The van der Waals surface area contributed by atoms with Crippen LogP contribution in [0, 0.1) is 5.92 Å². The highest BCUT2D eigenvalue weighted by Crippen LogP contribution is 2.16. The number of unbranched alkanes of at least 4 members (excludes halogenated alkanes) is 3. The van der Waals surface area contributed by atoms with Gasteiger partial charge in [0.15, 0.2) is 0 Å². The molecule has 1 fully saturated rings. The van der Waals surface area contributed by atoms with Crippen molar-refractivity contribution < 1.29 is 0 Å². The summed E-state index contributed by atoms with van der Waals surface area (Å²) < 4.78 is 0. The summed E-state index contributed by atoms with van der Waals surface area (Å²) in [6.45, 7) is 6.39. The van der Waals surface area contributed by atoms with E-state index in [0.717, 1.165) is 11.7 Å². The minimum Gasteiger partial charge on any atom is -0.303 e. The van der Waals surface area contributed by atoms with E-state index in [1.807, 2.05) is 0 Å². The van der Waals surface area contributed by atoms with Gasteiger partial charge in [0.1, 0.15) is 0 Å². The van der Waals surface area contributed by atoms with Crippen LogP contribution in [0.5, 0.6) is 0 Å². The van der Waals surface area contributed by atoms with E-state index in [0.29, 0.717) is 0 Å². The van der Waals surface area contributed by atoms with Crippen LogP contribution >= 0.6 is 12.6 Å². The monoisotopic (exact) mass is 215 g/mol. The van der Waals surface area contributed by atoms with Gasteiger partial charge < -0.3 is 4.90 Å². The standard InChI is InChI=1S/C12H25NS/c1-12-6-9-13(10-7-12)8-4-2-3-5-11-14/h12,14H,2-11H2,1H3. The van der Waals surface area contributed by atoms with Gasteiger partial charge in [0.2, 0.25) is 0 Å². The van der Waals surface area contributed by atoms with E-state index in [1.54, 1.807) is 0 Å². The van der Waals surface area contributed by atoms with Crippen LogP contribution in [0.1, 0.15) is 45.4 Å². The third kappa shape index (κ3) is 5.26. The quantitative estimate of drug-likeness (QED) is 0.526. The van der Waals surface area contributed by atoms with E-state index in [4.69, 9.17) is 0 Å². The molecule has 0 N–H and O–H groups in total. The van der Waals surface area contributed by atoms with E-state index in [2.05, 4.69) is 24.5 Å². The molecular weight excluding hydrogens is 190 g/mol. The summed E-state index contributed by atoms with van der Waals surface area (Å²) in [5.41, 5.74) is 0. The van der Waals surface area contributed by atoms with Gasteiger partial charge in [-0.1, -0.05) is 19.8 Å². The number of rotatable bonds is 6. The summed E-state index contributed by atoms with van der Waals surface area (Å²) in [6, 6.07) is 0. The largest absolute Gasteiger partial charge is 0.303 e. The molecule has 1 aliphatic heterocycles. The Labute approximate surface area is 94.7 Å². The van der Waals surface area contributed by atoms with Gasteiger partial charge in [-0.25, -0.2) is 0 Å². The van der Waals surface area contributed by atoms with Gasteiger partial charge in [-0.15, -0.1) is 0 Å². The molecule has 0 aromatic rings. The molecule has 84 valence electrons. The van der Waals surface area contributed by atoms with Gasteiger partial charge in [-0.3, -0.25) is 0 Å². The molecule has 0 bridgehead atoms. The third-order valence-corrected chi connectivity index (χ3v) is 3.57. The maximum absolute atomic E-state index is 4.22. The Hall–Kier alpha value is 0.310. The number of piperidine rings is 1. The fourth-order valence-corrected chi connectivity index (χ4v) is 2.31. The molecule has 1 heterocycles. The lowest BCUT2D eigenvalue weighted by molar-refractivity contribution is 0.189. The molecule has 0 radical (unpaired) electrons. The summed E-state index contributed by atoms with van der Waals surface area (Å²) in [5, 5.41) is 0. The van der Waals surface area contributed by atoms with Gasteiger partial charge in [-0.05, 0) is 57.0 Å². The molecular formula is C12H25NS. The van der Waals surface area contributed by atoms with Crippen molar-refractivity contribution in [2.24, 2.45) is 5.92 Å². The van der Waals surface area contributed by atoms with E-state index < -0.39 is 0 Å². The first-order chi connectivity index (χ1) is 6.83. The van der Waals surface area contributed by atoms with Crippen molar-refractivity contribution >= 4 is 12.6 Å². The average molecular weight is 215 g/mol. The summed E-state index contributed by atoms with van der Waals surface area (Å²) in [7, 11) is 0. The maximum atomic E-state index is 4.22. The molecule has 0 spiro atoms. The van der Waals surface area contributed by atoms with Crippen LogP contribution in [0.2, 0.25) is 0 Å².